The van der Waals surface area contributed by atoms with Crippen molar-refractivity contribution in [3.05, 3.63) is 68.6 Å². The number of alkyl halides is 2. The van der Waals surface area contributed by atoms with Gasteiger partial charge in [0.05, 0.1) is 9.65 Å². The first kappa shape index (κ1) is 14.8. The zero-order valence-corrected chi connectivity index (χ0v) is 15.6. The Morgan fingerprint density at radius 2 is 0.833 bits per heavy atom. The first-order valence-electron chi connectivity index (χ1n) is 5.37. The van der Waals surface area contributed by atoms with Crippen LogP contribution in [0.5, 0.6) is 0 Å². The van der Waals surface area contributed by atoms with Gasteiger partial charge in [0.15, 0.2) is 0 Å². The van der Waals surface area contributed by atoms with E-state index in [0.717, 1.165) is 8.95 Å². The van der Waals surface area contributed by atoms with E-state index in [1.54, 1.807) is 0 Å². The Morgan fingerprint density at radius 3 is 1.11 bits per heavy atom. The van der Waals surface area contributed by atoms with Gasteiger partial charge in [-0.2, -0.15) is 0 Å². The number of hydrogen-bond acceptors (Lipinski definition) is 0. The largest absolute Gasteiger partial charge is 0.0823 e. The van der Waals surface area contributed by atoms with Crippen molar-refractivity contribution in [3.8, 4) is 0 Å². The lowest BCUT2D eigenvalue weighted by Crippen LogP contribution is -1.99. The summed E-state index contributed by atoms with van der Waals surface area (Å²) in [5.74, 6) is 0. The highest BCUT2D eigenvalue weighted by Gasteiger charge is 2.19. The molecule has 94 valence electrons. The van der Waals surface area contributed by atoms with Crippen LogP contribution in [-0.2, 0) is 0 Å². The predicted octanol–water partition coefficient (Wildman–Crippen LogP) is 6.78. The Labute approximate surface area is 141 Å². The van der Waals surface area contributed by atoms with Crippen LogP contribution in [-0.4, -0.2) is 0 Å². The van der Waals surface area contributed by atoms with Crippen molar-refractivity contribution in [2.24, 2.45) is 0 Å². The van der Waals surface area contributed by atoms with Crippen molar-refractivity contribution < 1.29 is 0 Å². The third kappa shape index (κ3) is 3.69. The van der Waals surface area contributed by atoms with Crippen LogP contribution in [0.25, 0.3) is 0 Å². The third-order valence-corrected chi connectivity index (χ3v) is 6.52. The summed E-state index contributed by atoms with van der Waals surface area (Å²) in [6, 6.07) is 16.7. The molecule has 0 fully saturated rings. The van der Waals surface area contributed by atoms with Crippen molar-refractivity contribution in [1.82, 2.24) is 0 Å². The van der Waals surface area contributed by atoms with Gasteiger partial charge in [-0.05, 0) is 35.4 Å². The van der Waals surface area contributed by atoms with Crippen molar-refractivity contribution in [3.63, 3.8) is 0 Å². The first-order chi connectivity index (χ1) is 8.58. The molecule has 0 amide bonds. The smallest absolute Gasteiger partial charge is 0.0561 e. The third-order valence-electron chi connectivity index (χ3n) is 2.63. The predicted molar refractivity (Wildman–Crippen MR) is 91.6 cm³/mol. The van der Waals surface area contributed by atoms with E-state index in [2.05, 4.69) is 112 Å². The average Bonchev–Trinajstić information content (AvgIpc) is 2.39. The molecule has 4 heteroatoms. The molecule has 2 atom stereocenters. The van der Waals surface area contributed by atoms with Gasteiger partial charge >= 0.3 is 0 Å². The van der Waals surface area contributed by atoms with Crippen LogP contribution in [0, 0.1) is 0 Å². The SMILES string of the molecule is Brc1ccc([C@@H](Br)[C@@H](Br)c2ccc(Br)cc2)cc1. The standard InChI is InChI=1S/C14H10Br4/c15-11-5-1-9(2-6-11)13(17)14(18)10-3-7-12(16)8-4-10/h1-8,13-14H/t13-,14+. The van der Waals surface area contributed by atoms with E-state index in [1.165, 1.54) is 11.1 Å². The van der Waals surface area contributed by atoms with Crippen molar-refractivity contribution >= 4 is 63.7 Å². The van der Waals surface area contributed by atoms with E-state index in [0.29, 0.717) is 0 Å². The number of benzene rings is 2. The van der Waals surface area contributed by atoms with Crippen LogP contribution in [0.4, 0.5) is 0 Å². The highest BCUT2D eigenvalue weighted by atomic mass is 79.9. The van der Waals surface area contributed by atoms with Gasteiger partial charge in [-0.1, -0.05) is 88.0 Å². The van der Waals surface area contributed by atoms with Crippen LogP contribution in [0.1, 0.15) is 20.8 Å². The second-order valence-corrected chi connectivity index (χ2v) is 7.71. The molecule has 0 radical (unpaired) electrons. The lowest BCUT2D eigenvalue weighted by molar-refractivity contribution is 0.937. The van der Waals surface area contributed by atoms with Crippen molar-refractivity contribution in [1.29, 1.82) is 0 Å². The van der Waals surface area contributed by atoms with E-state index in [9.17, 15) is 0 Å². The number of hydrogen-bond donors (Lipinski definition) is 0. The van der Waals surface area contributed by atoms with Crippen LogP contribution in [0.2, 0.25) is 0 Å². The second-order valence-electron chi connectivity index (χ2n) is 3.91. The van der Waals surface area contributed by atoms with Gasteiger partial charge in [0.1, 0.15) is 0 Å². The zero-order chi connectivity index (χ0) is 13.1. The summed E-state index contributed by atoms with van der Waals surface area (Å²) in [5, 5.41) is 0. The van der Waals surface area contributed by atoms with Gasteiger partial charge in [-0.3, -0.25) is 0 Å². The van der Waals surface area contributed by atoms with Gasteiger partial charge in [0.25, 0.3) is 0 Å². The summed E-state index contributed by atoms with van der Waals surface area (Å²) in [6.07, 6.45) is 0. The molecule has 0 bridgehead atoms. The minimum absolute atomic E-state index is 0.242. The fourth-order valence-corrected chi connectivity index (χ4v) is 3.38. The number of halogens is 4. The number of rotatable bonds is 3. The Bertz CT molecular complexity index is 455. The van der Waals surface area contributed by atoms with Gasteiger partial charge in [0, 0.05) is 8.95 Å². The normalized spacial score (nSPS) is 14.2. The molecule has 0 aromatic heterocycles. The molecule has 2 aromatic carbocycles. The van der Waals surface area contributed by atoms with Crippen LogP contribution >= 0.6 is 63.7 Å². The lowest BCUT2D eigenvalue weighted by atomic mass is 10.0. The van der Waals surface area contributed by atoms with E-state index in [1.807, 2.05) is 0 Å². The van der Waals surface area contributed by atoms with Gasteiger partial charge in [-0.15, -0.1) is 0 Å². The lowest BCUT2D eigenvalue weighted by Gasteiger charge is -2.18. The molecule has 0 nitrogen and oxygen atoms in total. The molecule has 0 aliphatic heterocycles. The summed E-state index contributed by atoms with van der Waals surface area (Å²) in [4.78, 5) is 0.485. The molecule has 0 aliphatic carbocycles. The van der Waals surface area contributed by atoms with Gasteiger partial charge in [0.2, 0.25) is 0 Å². The summed E-state index contributed by atoms with van der Waals surface area (Å²) in [6.45, 7) is 0. The molecule has 2 aromatic rings. The molecule has 0 spiro atoms. The Balaban J connectivity index is 2.20. The monoisotopic (exact) mass is 494 g/mol. The van der Waals surface area contributed by atoms with Gasteiger partial charge < -0.3 is 0 Å². The minimum atomic E-state index is 0.242. The molecular weight excluding hydrogens is 488 g/mol. The van der Waals surface area contributed by atoms with E-state index in [4.69, 9.17) is 0 Å². The van der Waals surface area contributed by atoms with E-state index >= 15 is 0 Å². The summed E-state index contributed by atoms with van der Waals surface area (Å²) in [5.41, 5.74) is 2.51. The Morgan fingerprint density at radius 1 is 0.556 bits per heavy atom. The van der Waals surface area contributed by atoms with Crippen LogP contribution in [0.15, 0.2) is 57.5 Å². The Hall–Kier alpha value is 0.360. The van der Waals surface area contributed by atoms with Crippen LogP contribution < -0.4 is 0 Å². The summed E-state index contributed by atoms with van der Waals surface area (Å²) < 4.78 is 2.20. The maximum Gasteiger partial charge on any atom is 0.0561 e. The van der Waals surface area contributed by atoms with Crippen molar-refractivity contribution in [2.45, 2.75) is 9.65 Å². The summed E-state index contributed by atoms with van der Waals surface area (Å²) >= 11 is 14.4. The van der Waals surface area contributed by atoms with Crippen LogP contribution in [0.3, 0.4) is 0 Å². The highest BCUT2D eigenvalue weighted by Crippen LogP contribution is 2.42. The quantitative estimate of drug-likeness (QED) is 0.410. The van der Waals surface area contributed by atoms with E-state index in [-0.39, 0.29) is 9.65 Å². The molecule has 0 aliphatic rings. The summed E-state index contributed by atoms with van der Waals surface area (Å²) in [7, 11) is 0. The molecule has 0 N–H and O–H groups in total. The highest BCUT2D eigenvalue weighted by molar-refractivity contribution is 9.12. The molecule has 0 heterocycles. The van der Waals surface area contributed by atoms with Crippen molar-refractivity contribution in [2.75, 3.05) is 0 Å². The maximum absolute atomic E-state index is 3.76. The molecule has 0 unspecified atom stereocenters. The molecule has 0 saturated heterocycles. The topological polar surface area (TPSA) is 0 Å². The first-order valence-corrected chi connectivity index (χ1v) is 8.79. The molecular formula is C14H10Br4. The maximum atomic E-state index is 3.76. The molecule has 18 heavy (non-hydrogen) atoms. The second kappa shape index (κ2) is 6.69. The minimum Gasteiger partial charge on any atom is -0.0823 e. The van der Waals surface area contributed by atoms with Gasteiger partial charge in [-0.25, -0.2) is 0 Å². The fraction of sp³-hybridized carbons (Fsp3) is 0.143. The molecule has 2 rings (SSSR count). The fourth-order valence-electron chi connectivity index (χ4n) is 1.63. The molecule has 0 saturated carbocycles. The Kier molecular flexibility index (Phi) is 5.48. The van der Waals surface area contributed by atoms with E-state index < -0.39 is 0 Å². The average molecular weight is 498 g/mol. The zero-order valence-electron chi connectivity index (χ0n) is 9.29.